The summed E-state index contributed by atoms with van der Waals surface area (Å²) in [5.74, 6) is -0.754. The predicted molar refractivity (Wildman–Crippen MR) is 104 cm³/mol. The van der Waals surface area contributed by atoms with Gasteiger partial charge in [-0.15, -0.1) is 0 Å². The highest BCUT2D eigenvalue weighted by Gasteiger charge is 2.38. The smallest absolute Gasteiger partial charge is 0.354 e. The Kier molecular flexibility index (Phi) is 5.29. The third-order valence-corrected chi connectivity index (χ3v) is 5.56. The molecular formula is C21H23F3N4O2. The third kappa shape index (κ3) is 4.34. The summed E-state index contributed by atoms with van der Waals surface area (Å²) < 4.78 is 40.3. The number of halogens is 3. The zero-order chi connectivity index (χ0) is 21.5. The maximum Gasteiger partial charge on any atom is 0.435 e. The van der Waals surface area contributed by atoms with Crippen molar-refractivity contribution in [3.8, 4) is 0 Å². The van der Waals surface area contributed by atoms with E-state index in [0.717, 1.165) is 30.2 Å². The van der Waals surface area contributed by atoms with Crippen molar-refractivity contribution in [2.24, 2.45) is 5.92 Å². The Bertz CT molecular complexity index is 948. The first kappa shape index (κ1) is 20.4. The zero-order valence-corrected chi connectivity index (χ0v) is 16.6. The van der Waals surface area contributed by atoms with Crippen molar-refractivity contribution >= 4 is 17.5 Å². The summed E-state index contributed by atoms with van der Waals surface area (Å²) in [7, 11) is 0. The molecule has 1 aliphatic carbocycles. The average molecular weight is 420 g/mol. The molecule has 1 aliphatic heterocycles. The fourth-order valence-corrected chi connectivity index (χ4v) is 3.74. The summed E-state index contributed by atoms with van der Waals surface area (Å²) in [6, 6.07) is 8.62. The number of nitrogens with one attached hydrogen (secondary N) is 1. The van der Waals surface area contributed by atoms with Gasteiger partial charge in [-0.25, -0.2) is 0 Å². The van der Waals surface area contributed by atoms with Crippen LogP contribution in [0.15, 0.2) is 30.3 Å². The molecule has 160 valence electrons. The molecule has 0 bridgehead atoms. The number of hydrogen-bond acceptors (Lipinski definition) is 3. The van der Waals surface area contributed by atoms with Gasteiger partial charge in [0.15, 0.2) is 5.69 Å². The van der Waals surface area contributed by atoms with Crippen LogP contribution < -0.4 is 10.2 Å². The van der Waals surface area contributed by atoms with E-state index in [1.165, 1.54) is 4.68 Å². The molecule has 1 aromatic carbocycles. The Balaban J connectivity index is 1.34. The summed E-state index contributed by atoms with van der Waals surface area (Å²) >= 11 is 0. The number of nitrogens with zero attached hydrogens (tertiary/aromatic N) is 3. The van der Waals surface area contributed by atoms with Crippen LogP contribution in [0.3, 0.4) is 0 Å². The molecule has 0 radical (unpaired) electrons. The van der Waals surface area contributed by atoms with E-state index in [1.807, 2.05) is 31.2 Å². The zero-order valence-electron chi connectivity index (χ0n) is 16.6. The van der Waals surface area contributed by atoms with Gasteiger partial charge < -0.3 is 10.2 Å². The molecular weight excluding hydrogens is 397 g/mol. The highest BCUT2D eigenvalue weighted by Crippen LogP contribution is 2.42. The van der Waals surface area contributed by atoms with E-state index in [4.69, 9.17) is 0 Å². The Labute approximate surface area is 172 Å². The maximum absolute atomic E-state index is 13.0. The van der Waals surface area contributed by atoms with Crippen molar-refractivity contribution in [2.45, 2.75) is 44.8 Å². The number of aryl methyl sites for hydroxylation is 1. The predicted octanol–water partition coefficient (Wildman–Crippen LogP) is 3.26. The van der Waals surface area contributed by atoms with Crippen molar-refractivity contribution in [3.63, 3.8) is 0 Å². The number of carbonyl (C=O) groups excluding carboxylic acids is 2. The third-order valence-electron chi connectivity index (χ3n) is 5.56. The van der Waals surface area contributed by atoms with Gasteiger partial charge in [-0.2, -0.15) is 18.3 Å². The summed E-state index contributed by atoms with van der Waals surface area (Å²) in [6.45, 7) is 2.57. The Morgan fingerprint density at radius 3 is 2.57 bits per heavy atom. The topological polar surface area (TPSA) is 67.2 Å². The molecule has 1 atom stereocenters. The lowest BCUT2D eigenvalue weighted by Gasteiger charge is -2.17. The Morgan fingerprint density at radius 2 is 1.93 bits per heavy atom. The van der Waals surface area contributed by atoms with E-state index >= 15 is 0 Å². The van der Waals surface area contributed by atoms with Crippen LogP contribution >= 0.6 is 0 Å². The van der Waals surface area contributed by atoms with E-state index in [-0.39, 0.29) is 37.2 Å². The van der Waals surface area contributed by atoms with E-state index < -0.39 is 17.8 Å². The standard InChI is InChI=1S/C21H23F3N4O2/c1-13-2-6-16(7-3-13)27-12-15(10-19(27)29)20(30)25-8-9-28-17(14-4-5-14)11-18(26-28)21(22,23)24/h2-3,6-7,11,14-15H,4-5,8-10,12H2,1H3,(H,25,30). The summed E-state index contributed by atoms with van der Waals surface area (Å²) in [6.07, 6.45) is -2.66. The normalized spacial score (nSPS) is 19.4. The van der Waals surface area contributed by atoms with Gasteiger partial charge in [0.2, 0.25) is 11.8 Å². The van der Waals surface area contributed by atoms with Crippen molar-refractivity contribution in [3.05, 3.63) is 47.3 Å². The molecule has 2 aliphatic rings. The van der Waals surface area contributed by atoms with Crippen LogP contribution in [0.4, 0.5) is 18.9 Å². The van der Waals surface area contributed by atoms with Gasteiger partial charge in [0.1, 0.15) is 0 Å². The van der Waals surface area contributed by atoms with Crippen molar-refractivity contribution in [1.82, 2.24) is 15.1 Å². The number of benzene rings is 1. The van der Waals surface area contributed by atoms with Gasteiger partial charge in [0.25, 0.3) is 0 Å². The monoisotopic (exact) mass is 420 g/mol. The highest BCUT2D eigenvalue weighted by atomic mass is 19.4. The number of amides is 2. The molecule has 0 spiro atoms. The van der Waals surface area contributed by atoms with Gasteiger partial charge in [-0.3, -0.25) is 14.3 Å². The van der Waals surface area contributed by atoms with Crippen LogP contribution in [0.5, 0.6) is 0 Å². The van der Waals surface area contributed by atoms with Crippen LogP contribution in [-0.4, -0.2) is 34.7 Å². The maximum atomic E-state index is 13.0. The molecule has 2 fully saturated rings. The van der Waals surface area contributed by atoms with Gasteiger partial charge in [-0.1, -0.05) is 17.7 Å². The molecule has 6 nitrogen and oxygen atoms in total. The molecule has 1 aromatic heterocycles. The molecule has 1 unspecified atom stereocenters. The van der Waals surface area contributed by atoms with Crippen molar-refractivity contribution in [2.75, 3.05) is 18.0 Å². The van der Waals surface area contributed by atoms with Crippen LogP contribution in [0.1, 0.15) is 42.1 Å². The van der Waals surface area contributed by atoms with Crippen molar-refractivity contribution in [1.29, 1.82) is 0 Å². The van der Waals surface area contributed by atoms with Gasteiger partial charge in [-0.05, 0) is 38.0 Å². The van der Waals surface area contributed by atoms with Gasteiger partial charge in [0.05, 0.1) is 12.5 Å². The van der Waals surface area contributed by atoms with Crippen molar-refractivity contribution < 1.29 is 22.8 Å². The molecule has 9 heteroatoms. The first-order chi connectivity index (χ1) is 14.2. The van der Waals surface area contributed by atoms with Crippen LogP contribution in [0.2, 0.25) is 0 Å². The number of aromatic nitrogens is 2. The minimum atomic E-state index is -4.48. The number of alkyl halides is 3. The lowest BCUT2D eigenvalue weighted by atomic mass is 10.1. The fourth-order valence-electron chi connectivity index (χ4n) is 3.74. The minimum absolute atomic E-state index is 0.111. The highest BCUT2D eigenvalue weighted by molar-refractivity contribution is 6.00. The SMILES string of the molecule is Cc1ccc(N2CC(C(=O)NCCn3nc(C(F)(F)F)cc3C3CC3)CC2=O)cc1. The Hall–Kier alpha value is -2.84. The van der Waals surface area contributed by atoms with Crippen LogP contribution in [0, 0.1) is 12.8 Å². The lowest BCUT2D eigenvalue weighted by Crippen LogP contribution is -2.35. The van der Waals surface area contributed by atoms with E-state index in [2.05, 4.69) is 10.4 Å². The molecule has 1 saturated heterocycles. The largest absolute Gasteiger partial charge is 0.435 e. The number of rotatable bonds is 6. The quantitative estimate of drug-likeness (QED) is 0.780. The average Bonchev–Trinajstić information content (AvgIpc) is 3.31. The second kappa shape index (κ2) is 7.77. The van der Waals surface area contributed by atoms with E-state index in [9.17, 15) is 22.8 Å². The number of anilines is 1. The molecule has 4 rings (SSSR count). The fraction of sp³-hybridized carbons (Fsp3) is 0.476. The summed E-state index contributed by atoms with van der Waals surface area (Å²) in [4.78, 5) is 26.4. The summed E-state index contributed by atoms with van der Waals surface area (Å²) in [5, 5.41) is 6.44. The first-order valence-electron chi connectivity index (χ1n) is 10.0. The van der Waals surface area contributed by atoms with Gasteiger partial charge in [0, 0.05) is 36.8 Å². The van der Waals surface area contributed by atoms with Gasteiger partial charge >= 0.3 is 6.18 Å². The lowest BCUT2D eigenvalue weighted by molar-refractivity contribution is -0.141. The molecule has 2 aromatic rings. The molecule has 2 heterocycles. The van der Waals surface area contributed by atoms with Crippen LogP contribution in [-0.2, 0) is 22.3 Å². The second-order valence-corrected chi connectivity index (χ2v) is 7.98. The second-order valence-electron chi connectivity index (χ2n) is 7.98. The molecule has 30 heavy (non-hydrogen) atoms. The number of carbonyl (C=O) groups is 2. The number of hydrogen-bond donors (Lipinski definition) is 1. The van der Waals surface area contributed by atoms with E-state index in [1.54, 1.807) is 4.90 Å². The first-order valence-corrected chi connectivity index (χ1v) is 10.0. The molecule has 2 amide bonds. The molecule has 1 saturated carbocycles. The summed E-state index contributed by atoms with van der Waals surface area (Å²) in [5.41, 5.74) is 1.51. The minimum Gasteiger partial charge on any atom is -0.354 e. The van der Waals surface area contributed by atoms with E-state index in [0.29, 0.717) is 12.2 Å². The Morgan fingerprint density at radius 1 is 1.23 bits per heavy atom. The molecule has 1 N–H and O–H groups in total. The van der Waals surface area contributed by atoms with Crippen LogP contribution in [0.25, 0.3) is 0 Å².